The summed E-state index contributed by atoms with van der Waals surface area (Å²) in [7, 11) is 0. The topological polar surface area (TPSA) is 25.8 Å². The van der Waals surface area contributed by atoms with E-state index in [0.717, 1.165) is 22.5 Å². The highest BCUT2D eigenvalue weighted by Crippen LogP contribution is 2.20. The lowest BCUT2D eigenvalue weighted by atomic mass is 10.1. The molecule has 85 valence electrons. The van der Waals surface area contributed by atoms with Crippen LogP contribution in [0.4, 0.5) is 0 Å². The lowest BCUT2D eigenvalue weighted by molar-refractivity contribution is 1.20. The van der Waals surface area contributed by atoms with Crippen molar-refractivity contribution >= 4 is 0 Å². The van der Waals surface area contributed by atoms with E-state index in [1.807, 2.05) is 60.7 Å². The first-order chi connectivity index (χ1) is 8.93. The molecule has 3 rings (SSSR count). The van der Waals surface area contributed by atoms with Gasteiger partial charge in [-0.3, -0.25) is 0 Å². The standard InChI is InChI=1S/C16H11N2/c1-3-7-13(8-4-1)15-11-17-12-16(18-15)14-9-5-2-6-10-14/h1-11H. The molecular formula is C16H11N2. The van der Waals surface area contributed by atoms with Crippen molar-refractivity contribution < 1.29 is 0 Å². The molecule has 0 spiro atoms. The van der Waals surface area contributed by atoms with Crippen LogP contribution in [0.3, 0.4) is 0 Å². The third kappa shape index (κ3) is 2.13. The average molecular weight is 231 g/mol. The molecule has 0 bridgehead atoms. The fourth-order valence-electron chi connectivity index (χ4n) is 1.80. The van der Waals surface area contributed by atoms with E-state index in [4.69, 9.17) is 0 Å². The van der Waals surface area contributed by atoms with Crippen LogP contribution in [0.5, 0.6) is 0 Å². The number of hydrogen-bond donors (Lipinski definition) is 0. The lowest BCUT2D eigenvalue weighted by Crippen LogP contribution is -1.90. The summed E-state index contributed by atoms with van der Waals surface area (Å²) < 4.78 is 0. The quantitative estimate of drug-likeness (QED) is 0.673. The maximum absolute atomic E-state index is 4.60. The van der Waals surface area contributed by atoms with Crippen LogP contribution < -0.4 is 0 Å². The van der Waals surface area contributed by atoms with Gasteiger partial charge < -0.3 is 0 Å². The Kier molecular flexibility index (Phi) is 2.84. The van der Waals surface area contributed by atoms with Crippen LogP contribution in [-0.4, -0.2) is 9.97 Å². The molecule has 0 amide bonds. The zero-order valence-electron chi connectivity index (χ0n) is 9.75. The van der Waals surface area contributed by atoms with Crippen LogP contribution in [-0.2, 0) is 0 Å². The minimum Gasteiger partial charge on any atom is -0.250 e. The Morgan fingerprint density at radius 3 is 2.00 bits per heavy atom. The Morgan fingerprint density at radius 1 is 0.722 bits per heavy atom. The molecule has 0 aliphatic heterocycles. The van der Waals surface area contributed by atoms with Gasteiger partial charge in [0, 0.05) is 11.1 Å². The molecule has 0 saturated carbocycles. The second-order valence-corrected chi connectivity index (χ2v) is 3.95. The fourth-order valence-corrected chi connectivity index (χ4v) is 1.80. The highest BCUT2D eigenvalue weighted by molar-refractivity contribution is 5.63. The van der Waals surface area contributed by atoms with E-state index in [-0.39, 0.29) is 0 Å². The molecule has 3 aromatic rings. The van der Waals surface area contributed by atoms with E-state index in [1.165, 1.54) is 0 Å². The van der Waals surface area contributed by atoms with Crippen molar-refractivity contribution in [3.8, 4) is 22.5 Å². The van der Waals surface area contributed by atoms with Crippen molar-refractivity contribution in [2.75, 3.05) is 0 Å². The average Bonchev–Trinajstić information content (AvgIpc) is 2.49. The third-order valence-corrected chi connectivity index (χ3v) is 2.71. The predicted octanol–water partition coefficient (Wildman–Crippen LogP) is 3.61. The van der Waals surface area contributed by atoms with E-state index in [0.29, 0.717) is 0 Å². The van der Waals surface area contributed by atoms with Crippen LogP contribution in [0.2, 0.25) is 0 Å². The van der Waals surface area contributed by atoms with E-state index in [2.05, 4.69) is 16.2 Å². The number of rotatable bonds is 2. The maximum Gasteiger partial charge on any atom is 0.117 e. The Labute approximate surface area is 106 Å². The zero-order chi connectivity index (χ0) is 12.2. The van der Waals surface area contributed by atoms with Gasteiger partial charge in [0.05, 0.1) is 17.6 Å². The first kappa shape index (κ1) is 10.7. The molecular weight excluding hydrogens is 220 g/mol. The zero-order valence-corrected chi connectivity index (χ0v) is 9.75. The molecule has 0 aliphatic carbocycles. The minimum absolute atomic E-state index is 0.775. The molecule has 0 aliphatic rings. The largest absolute Gasteiger partial charge is 0.250 e. The van der Waals surface area contributed by atoms with E-state index >= 15 is 0 Å². The summed E-state index contributed by atoms with van der Waals surface area (Å²) in [4.78, 5) is 8.75. The number of hydrogen-bond acceptors (Lipinski definition) is 2. The maximum atomic E-state index is 4.60. The summed E-state index contributed by atoms with van der Waals surface area (Å²) in [6.07, 6.45) is 4.67. The first-order valence-electron chi connectivity index (χ1n) is 5.79. The van der Waals surface area contributed by atoms with Crippen molar-refractivity contribution in [3.05, 3.63) is 73.1 Å². The molecule has 0 saturated heterocycles. The highest BCUT2D eigenvalue weighted by Gasteiger charge is 2.03. The van der Waals surface area contributed by atoms with Gasteiger partial charge in [-0.15, -0.1) is 0 Å². The summed E-state index contributed by atoms with van der Waals surface area (Å²) in [5.74, 6) is 0. The van der Waals surface area contributed by atoms with Crippen LogP contribution in [0.1, 0.15) is 0 Å². The van der Waals surface area contributed by atoms with Gasteiger partial charge in [0.15, 0.2) is 0 Å². The second kappa shape index (κ2) is 4.80. The van der Waals surface area contributed by atoms with Gasteiger partial charge >= 0.3 is 0 Å². The van der Waals surface area contributed by atoms with Crippen LogP contribution >= 0.6 is 0 Å². The molecule has 2 aromatic carbocycles. The Balaban J connectivity index is 2.05. The molecule has 0 N–H and O–H groups in total. The van der Waals surface area contributed by atoms with Crippen LogP contribution in [0.25, 0.3) is 22.5 Å². The van der Waals surface area contributed by atoms with Gasteiger partial charge in [0.2, 0.25) is 0 Å². The van der Waals surface area contributed by atoms with E-state index < -0.39 is 0 Å². The van der Waals surface area contributed by atoms with E-state index in [1.54, 1.807) is 6.20 Å². The van der Waals surface area contributed by atoms with Gasteiger partial charge in [0.25, 0.3) is 0 Å². The summed E-state index contributed by atoms with van der Waals surface area (Å²) >= 11 is 0. The van der Waals surface area contributed by atoms with Gasteiger partial charge in [-0.2, -0.15) is 0 Å². The molecule has 2 nitrogen and oxygen atoms in total. The van der Waals surface area contributed by atoms with Crippen LogP contribution in [0, 0.1) is 6.20 Å². The molecule has 1 radical (unpaired) electrons. The summed E-state index contributed by atoms with van der Waals surface area (Å²) in [5.41, 5.74) is 3.74. The van der Waals surface area contributed by atoms with Gasteiger partial charge in [-0.05, 0) is 0 Å². The summed E-state index contributed by atoms with van der Waals surface area (Å²) in [6.45, 7) is 0. The van der Waals surface area contributed by atoms with Gasteiger partial charge in [0.1, 0.15) is 6.20 Å². The SMILES string of the molecule is [c]1ncc(-c2ccccc2)nc1-c1ccccc1. The third-order valence-electron chi connectivity index (χ3n) is 2.71. The predicted molar refractivity (Wildman–Crippen MR) is 71.7 cm³/mol. The normalized spacial score (nSPS) is 10.2. The second-order valence-electron chi connectivity index (χ2n) is 3.95. The highest BCUT2D eigenvalue weighted by atomic mass is 14.8. The molecule has 0 fully saturated rings. The Morgan fingerprint density at radius 2 is 1.33 bits per heavy atom. The van der Waals surface area contributed by atoms with Crippen LogP contribution in [0.15, 0.2) is 66.9 Å². The van der Waals surface area contributed by atoms with Crippen molar-refractivity contribution in [1.29, 1.82) is 0 Å². The molecule has 1 heterocycles. The number of benzene rings is 2. The van der Waals surface area contributed by atoms with Gasteiger partial charge in [-0.25, -0.2) is 9.97 Å². The Hall–Kier alpha value is -2.48. The molecule has 2 heteroatoms. The Bertz CT molecular complexity index is 579. The first-order valence-corrected chi connectivity index (χ1v) is 5.79. The van der Waals surface area contributed by atoms with Crippen molar-refractivity contribution in [1.82, 2.24) is 9.97 Å². The number of nitrogens with zero attached hydrogens (tertiary/aromatic N) is 2. The minimum atomic E-state index is 0.775. The monoisotopic (exact) mass is 231 g/mol. The molecule has 18 heavy (non-hydrogen) atoms. The smallest absolute Gasteiger partial charge is 0.117 e. The molecule has 0 unspecified atom stereocenters. The molecule has 1 aromatic heterocycles. The van der Waals surface area contributed by atoms with Gasteiger partial charge in [-0.1, -0.05) is 60.7 Å². The number of aromatic nitrogens is 2. The van der Waals surface area contributed by atoms with Crippen molar-refractivity contribution in [2.24, 2.45) is 0 Å². The fraction of sp³-hybridized carbons (Fsp3) is 0. The summed E-state index contributed by atoms with van der Waals surface area (Å²) in [5, 5.41) is 0. The summed E-state index contributed by atoms with van der Waals surface area (Å²) in [6, 6.07) is 20.0. The van der Waals surface area contributed by atoms with Crippen molar-refractivity contribution in [3.63, 3.8) is 0 Å². The van der Waals surface area contributed by atoms with E-state index in [9.17, 15) is 0 Å². The van der Waals surface area contributed by atoms with Crippen molar-refractivity contribution in [2.45, 2.75) is 0 Å². The molecule has 0 atom stereocenters. The lowest BCUT2D eigenvalue weighted by Gasteiger charge is -2.03.